The molecule has 1 saturated carbocycles. The number of non-ortho nitro benzene ring substituents is 1. The van der Waals surface area contributed by atoms with Gasteiger partial charge in [-0.3, -0.25) is 14.9 Å². The maximum atomic E-state index is 12.7. The number of hydrogen-bond donors (Lipinski definition) is 0. The fourth-order valence-electron chi connectivity index (χ4n) is 2.82. The molecule has 1 fully saturated rings. The van der Waals surface area contributed by atoms with Crippen molar-refractivity contribution >= 4 is 23.6 Å². The highest BCUT2D eigenvalue weighted by Crippen LogP contribution is 2.28. The van der Waals surface area contributed by atoms with E-state index in [4.69, 9.17) is 0 Å². The van der Waals surface area contributed by atoms with Crippen molar-refractivity contribution in [3.05, 3.63) is 87.0 Å². The van der Waals surface area contributed by atoms with Crippen molar-refractivity contribution in [3.63, 3.8) is 0 Å². The second-order valence-electron chi connectivity index (χ2n) is 5.78. The Morgan fingerprint density at radius 1 is 0.833 bits per heavy atom. The third kappa shape index (κ3) is 3.66. The van der Waals surface area contributed by atoms with Crippen molar-refractivity contribution in [1.29, 1.82) is 0 Å². The number of hydrogen-bond acceptors (Lipinski definition) is 3. The van der Waals surface area contributed by atoms with Crippen LogP contribution in [-0.2, 0) is 4.79 Å². The molecule has 0 heterocycles. The van der Waals surface area contributed by atoms with Crippen LogP contribution in [0.1, 0.15) is 30.4 Å². The zero-order valence-corrected chi connectivity index (χ0v) is 13.1. The van der Waals surface area contributed by atoms with Crippen LogP contribution in [0.4, 0.5) is 5.69 Å². The Labute approximate surface area is 140 Å². The molecular formula is C20H17NO3. The van der Waals surface area contributed by atoms with Crippen molar-refractivity contribution < 1.29 is 9.72 Å². The Kier molecular flexibility index (Phi) is 4.66. The van der Waals surface area contributed by atoms with Crippen LogP contribution in [0, 0.1) is 10.1 Å². The third-order valence-corrected chi connectivity index (χ3v) is 4.06. The minimum absolute atomic E-state index is 0.0526. The van der Waals surface area contributed by atoms with Crippen molar-refractivity contribution in [2.24, 2.45) is 0 Å². The number of carbonyl (C=O) groups excluding carboxylic acids is 1. The smallest absolute Gasteiger partial charge is 0.269 e. The van der Waals surface area contributed by atoms with Gasteiger partial charge < -0.3 is 0 Å². The SMILES string of the molecule is O=C1/C(=C/c2ccccc2)CCC/C1=C\c1ccc([N+](=O)[O-])cc1. The highest BCUT2D eigenvalue weighted by atomic mass is 16.6. The number of carbonyl (C=O) groups is 1. The molecule has 0 N–H and O–H groups in total. The average Bonchev–Trinajstić information content (AvgIpc) is 2.60. The summed E-state index contributed by atoms with van der Waals surface area (Å²) in [6, 6.07) is 16.1. The minimum atomic E-state index is -0.427. The maximum Gasteiger partial charge on any atom is 0.269 e. The summed E-state index contributed by atoms with van der Waals surface area (Å²) in [5.74, 6) is 0.0726. The van der Waals surface area contributed by atoms with E-state index in [0.717, 1.165) is 41.5 Å². The standard InChI is InChI=1S/C20H17NO3/c22-20-17(13-15-5-2-1-3-6-15)7-4-8-18(20)14-16-9-11-19(12-10-16)21(23)24/h1-3,5-6,9-14H,4,7-8H2/b17-13+,18-14+. The molecular weight excluding hydrogens is 302 g/mol. The second kappa shape index (κ2) is 7.04. The van der Waals surface area contributed by atoms with E-state index in [2.05, 4.69) is 0 Å². The van der Waals surface area contributed by atoms with Crippen molar-refractivity contribution in [3.8, 4) is 0 Å². The largest absolute Gasteiger partial charge is 0.289 e. The molecule has 0 spiro atoms. The normalized spacial score (nSPS) is 18.1. The van der Waals surface area contributed by atoms with Crippen LogP contribution in [0.15, 0.2) is 65.7 Å². The van der Waals surface area contributed by atoms with Crippen LogP contribution < -0.4 is 0 Å². The zero-order chi connectivity index (χ0) is 16.9. The Morgan fingerprint density at radius 3 is 1.92 bits per heavy atom. The van der Waals surface area contributed by atoms with Gasteiger partial charge in [-0.25, -0.2) is 0 Å². The van der Waals surface area contributed by atoms with Crippen LogP contribution in [0.3, 0.4) is 0 Å². The summed E-state index contributed by atoms with van der Waals surface area (Å²) in [5.41, 5.74) is 3.47. The van der Waals surface area contributed by atoms with E-state index < -0.39 is 4.92 Å². The molecule has 2 aromatic carbocycles. The van der Waals surface area contributed by atoms with Crippen LogP contribution in [0.5, 0.6) is 0 Å². The lowest BCUT2D eigenvalue weighted by atomic mass is 9.87. The van der Waals surface area contributed by atoms with E-state index in [1.54, 1.807) is 12.1 Å². The molecule has 0 radical (unpaired) electrons. The number of nitrogens with zero attached hydrogens (tertiary/aromatic N) is 1. The molecule has 4 nitrogen and oxygen atoms in total. The number of nitro groups is 1. The quantitative estimate of drug-likeness (QED) is 0.463. The van der Waals surface area contributed by atoms with Gasteiger partial charge in [-0.05, 0) is 54.7 Å². The van der Waals surface area contributed by atoms with Gasteiger partial charge in [-0.1, -0.05) is 30.3 Å². The molecule has 1 aliphatic rings. The number of ketones is 1. The van der Waals surface area contributed by atoms with Gasteiger partial charge in [0.05, 0.1) is 4.92 Å². The Balaban J connectivity index is 1.84. The van der Waals surface area contributed by atoms with E-state index >= 15 is 0 Å². The van der Waals surface area contributed by atoms with Crippen LogP contribution in [0.25, 0.3) is 12.2 Å². The molecule has 0 atom stereocenters. The second-order valence-corrected chi connectivity index (χ2v) is 5.78. The van der Waals surface area contributed by atoms with Crippen LogP contribution in [0.2, 0.25) is 0 Å². The minimum Gasteiger partial charge on any atom is -0.289 e. The highest BCUT2D eigenvalue weighted by Gasteiger charge is 2.20. The first-order valence-electron chi connectivity index (χ1n) is 7.89. The predicted molar refractivity (Wildman–Crippen MR) is 94.4 cm³/mol. The summed E-state index contributed by atoms with van der Waals surface area (Å²) in [7, 11) is 0. The lowest BCUT2D eigenvalue weighted by Gasteiger charge is -2.16. The molecule has 0 bridgehead atoms. The van der Waals surface area contributed by atoms with Gasteiger partial charge in [0.2, 0.25) is 0 Å². The first-order chi connectivity index (χ1) is 11.6. The Bertz CT molecular complexity index is 818. The highest BCUT2D eigenvalue weighted by molar-refractivity contribution is 6.13. The van der Waals surface area contributed by atoms with Gasteiger partial charge in [-0.2, -0.15) is 0 Å². The monoisotopic (exact) mass is 319 g/mol. The molecule has 1 aliphatic carbocycles. The Morgan fingerprint density at radius 2 is 1.38 bits per heavy atom. The van der Waals surface area contributed by atoms with Gasteiger partial charge in [0, 0.05) is 23.3 Å². The van der Waals surface area contributed by atoms with Crippen molar-refractivity contribution in [2.75, 3.05) is 0 Å². The third-order valence-electron chi connectivity index (χ3n) is 4.06. The van der Waals surface area contributed by atoms with Gasteiger partial charge in [0.15, 0.2) is 5.78 Å². The van der Waals surface area contributed by atoms with E-state index in [-0.39, 0.29) is 11.5 Å². The van der Waals surface area contributed by atoms with E-state index in [1.807, 2.05) is 42.5 Å². The molecule has 0 amide bonds. The molecule has 0 unspecified atom stereocenters. The van der Waals surface area contributed by atoms with Crippen molar-refractivity contribution in [2.45, 2.75) is 19.3 Å². The zero-order valence-electron chi connectivity index (χ0n) is 13.1. The number of rotatable bonds is 3. The molecule has 0 saturated heterocycles. The number of allylic oxidation sites excluding steroid dienone is 2. The lowest BCUT2D eigenvalue weighted by Crippen LogP contribution is -2.12. The molecule has 3 rings (SSSR count). The topological polar surface area (TPSA) is 60.2 Å². The Hall–Kier alpha value is -3.01. The maximum absolute atomic E-state index is 12.7. The summed E-state index contributed by atoms with van der Waals surface area (Å²) in [6.45, 7) is 0. The summed E-state index contributed by atoms with van der Waals surface area (Å²) in [5, 5.41) is 10.7. The number of nitro benzene ring substituents is 1. The fourth-order valence-corrected chi connectivity index (χ4v) is 2.82. The molecule has 4 heteroatoms. The van der Waals surface area contributed by atoms with Gasteiger partial charge in [-0.15, -0.1) is 0 Å². The van der Waals surface area contributed by atoms with E-state index in [0.29, 0.717) is 0 Å². The summed E-state index contributed by atoms with van der Waals surface area (Å²) in [4.78, 5) is 22.9. The molecule has 24 heavy (non-hydrogen) atoms. The van der Waals surface area contributed by atoms with Crippen molar-refractivity contribution in [1.82, 2.24) is 0 Å². The number of Topliss-reactive ketones (excluding diaryl/α,β-unsaturated/α-hetero) is 1. The number of benzene rings is 2. The predicted octanol–water partition coefficient (Wildman–Crippen LogP) is 4.81. The van der Waals surface area contributed by atoms with Gasteiger partial charge >= 0.3 is 0 Å². The first-order valence-corrected chi connectivity index (χ1v) is 7.89. The summed E-state index contributed by atoms with van der Waals surface area (Å²) >= 11 is 0. The summed E-state index contributed by atoms with van der Waals surface area (Å²) in [6.07, 6.45) is 6.24. The average molecular weight is 319 g/mol. The van der Waals surface area contributed by atoms with Crippen LogP contribution >= 0.6 is 0 Å². The van der Waals surface area contributed by atoms with Gasteiger partial charge in [0.25, 0.3) is 5.69 Å². The van der Waals surface area contributed by atoms with Crippen LogP contribution in [-0.4, -0.2) is 10.7 Å². The molecule has 0 aromatic heterocycles. The van der Waals surface area contributed by atoms with Gasteiger partial charge in [0.1, 0.15) is 0 Å². The van der Waals surface area contributed by atoms with E-state index in [1.165, 1.54) is 12.1 Å². The molecule has 2 aromatic rings. The molecule has 120 valence electrons. The fraction of sp³-hybridized carbons (Fsp3) is 0.150. The first kappa shape index (κ1) is 15.9. The van der Waals surface area contributed by atoms with E-state index in [9.17, 15) is 14.9 Å². The lowest BCUT2D eigenvalue weighted by molar-refractivity contribution is -0.384. The molecule has 0 aliphatic heterocycles. The summed E-state index contributed by atoms with van der Waals surface area (Å²) < 4.78 is 0.